The Kier molecular flexibility index (Phi) is 2.47. The van der Waals surface area contributed by atoms with Crippen molar-refractivity contribution in [2.75, 3.05) is 5.73 Å². The molecule has 0 radical (unpaired) electrons. The smallest absolute Gasteiger partial charge is 0.137 e. The summed E-state index contributed by atoms with van der Waals surface area (Å²) in [4.78, 5) is 7.21. The van der Waals surface area contributed by atoms with Crippen LogP contribution in [-0.4, -0.2) is 9.97 Å². The van der Waals surface area contributed by atoms with E-state index in [4.69, 9.17) is 5.73 Å². The summed E-state index contributed by atoms with van der Waals surface area (Å²) >= 11 is 0. The predicted molar refractivity (Wildman–Crippen MR) is 51.8 cm³/mol. The number of hydrogen-bond donors (Lipinski definition) is 1. The Labute approximate surface area is 88.8 Å². The third-order valence-electron chi connectivity index (χ3n) is 2.02. The minimum atomic E-state index is -1.04. The molecule has 6 heteroatoms. The number of nitrogens with zero attached hydrogens (tertiary/aromatic N) is 2. The third kappa shape index (κ3) is 1.69. The van der Waals surface area contributed by atoms with Gasteiger partial charge in [0.2, 0.25) is 0 Å². The van der Waals surface area contributed by atoms with Gasteiger partial charge in [0.15, 0.2) is 0 Å². The molecule has 1 aromatic carbocycles. The monoisotopic (exact) mass is 225 g/mol. The zero-order valence-electron chi connectivity index (χ0n) is 7.92. The Bertz CT molecular complexity index is 520. The van der Waals surface area contributed by atoms with Gasteiger partial charge in [-0.05, 0) is 0 Å². The lowest BCUT2D eigenvalue weighted by Gasteiger charge is -2.06. The first-order chi connectivity index (χ1) is 7.59. The van der Waals surface area contributed by atoms with Crippen LogP contribution >= 0.6 is 0 Å². The van der Waals surface area contributed by atoms with Crippen molar-refractivity contribution in [2.24, 2.45) is 0 Å². The van der Waals surface area contributed by atoms with Crippen molar-refractivity contribution in [3.8, 4) is 11.1 Å². The van der Waals surface area contributed by atoms with Crippen molar-refractivity contribution in [3.05, 3.63) is 42.1 Å². The Morgan fingerprint density at radius 2 is 1.69 bits per heavy atom. The lowest BCUT2D eigenvalue weighted by Crippen LogP contribution is -1.99. The van der Waals surface area contributed by atoms with Gasteiger partial charge in [-0.2, -0.15) is 0 Å². The van der Waals surface area contributed by atoms with E-state index in [2.05, 4.69) is 9.97 Å². The number of halogens is 3. The number of rotatable bonds is 1. The quantitative estimate of drug-likeness (QED) is 0.808. The molecule has 1 aromatic heterocycles. The first-order valence-electron chi connectivity index (χ1n) is 4.30. The lowest BCUT2D eigenvalue weighted by molar-refractivity contribution is 0.548. The molecule has 82 valence electrons. The minimum Gasteiger partial charge on any atom is -0.383 e. The van der Waals surface area contributed by atoms with E-state index in [-0.39, 0.29) is 11.4 Å². The Balaban J connectivity index is 2.70. The van der Waals surface area contributed by atoms with E-state index in [1.807, 2.05) is 0 Å². The highest BCUT2D eigenvalue weighted by atomic mass is 19.1. The van der Waals surface area contributed by atoms with Gasteiger partial charge in [0.05, 0.1) is 5.56 Å². The fourth-order valence-corrected chi connectivity index (χ4v) is 1.33. The van der Waals surface area contributed by atoms with Crippen LogP contribution in [0.1, 0.15) is 0 Å². The second-order valence-corrected chi connectivity index (χ2v) is 3.07. The van der Waals surface area contributed by atoms with E-state index in [0.29, 0.717) is 12.1 Å². The molecule has 2 N–H and O–H groups in total. The maximum Gasteiger partial charge on any atom is 0.137 e. The fourth-order valence-electron chi connectivity index (χ4n) is 1.33. The number of anilines is 1. The van der Waals surface area contributed by atoms with Crippen molar-refractivity contribution >= 4 is 5.82 Å². The summed E-state index contributed by atoms with van der Waals surface area (Å²) in [5.41, 5.74) is 5.02. The number of benzene rings is 1. The third-order valence-corrected chi connectivity index (χ3v) is 2.02. The van der Waals surface area contributed by atoms with Crippen molar-refractivity contribution < 1.29 is 13.2 Å². The van der Waals surface area contributed by atoms with Crippen LogP contribution in [0.2, 0.25) is 0 Å². The Morgan fingerprint density at radius 1 is 1.06 bits per heavy atom. The fraction of sp³-hybridized carbons (Fsp3) is 0. The molecule has 0 aliphatic rings. The molecule has 0 aliphatic carbocycles. The number of aromatic nitrogens is 2. The van der Waals surface area contributed by atoms with Crippen LogP contribution in [0.5, 0.6) is 0 Å². The van der Waals surface area contributed by atoms with Gasteiger partial charge in [0.1, 0.15) is 29.6 Å². The maximum atomic E-state index is 13.4. The average Bonchev–Trinajstić information content (AvgIpc) is 2.19. The SMILES string of the molecule is Nc1ncncc1-c1c(F)cc(F)cc1F. The van der Waals surface area contributed by atoms with Gasteiger partial charge in [0.25, 0.3) is 0 Å². The van der Waals surface area contributed by atoms with Gasteiger partial charge in [-0.15, -0.1) is 0 Å². The first-order valence-corrected chi connectivity index (χ1v) is 4.30. The van der Waals surface area contributed by atoms with Gasteiger partial charge in [-0.3, -0.25) is 0 Å². The largest absolute Gasteiger partial charge is 0.383 e. The molecule has 0 unspecified atom stereocenters. The van der Waals surface area contributed by atoms with Crippen LogP contribution in [0.4, 0.5) is 19.0 Å². The lowest BCUT2D eigenvalue weighted by atomic mass is 10.1. The molecule has 0 amide bonds. The van der Waals surface area contributed by atoms with Crippen LogP contribution in [0.3, 0.4) is 0 Å². The summed E-state index contributed by atoms with van der Waals surface area (Å²) in [7, 11) is 0. The summed E-state index contributed by atoms with van der Waals surface area (Å²) in [6.45, 7) is 0. The Morgan fingerprint density at radius 3 is 2.25 bits per heavy atom. The highest BCUT2D eigenvalue weighted by Crippen LogP contribution is 2.29. The topological polar surface area (TPSA) is 51.8 Å². The summed E-state index contributed by atoms with van der Waals surface area (Å²) in [5.74, 6) is -3.15. The van der Waals surface area contributed by atoms with E-state index in [1.54, 1.807) is 0 Å². The van der Waals surface area contributed by atoms with Crippen molar-refractivity contribution in [3.63, 3.8) is 0 Å². The molecule has 16 heavy (non-hydrogen) atoms. The van der Waals surface area contributed by atoms with Crippen LogP contribution in [0.15, 0.2) is 24.7 Å². The van der Waals surface area contributed by atoms with E-state index in [9.17, 15) is 13.2 Å². The van der Waals surface area contributed by atoms with Crippen molar-refractivity contribution in [1.29, 1.82) is 0 Å². The summed E-state index contributed by atoms with van der Waals surface area (Å²) in [6.07, 6.45) is 2.32. The van der Waals surface area contributed by atoms with Gasteiger partial charge >= 0.3 is 0 Å². The van der Waals surface area contributed by atoms with E-state index in [1.165, 1.54) is 6.20 Å². The maximum absolute atomic E-state index is 13.4. The van der Waals surface area contributed by atoms with Crippen LogP contribution in [0.25, 0.3) is 11.1 Å². The normalized spacial score (nSPS) is 10.4. The summed E-state index contributed by atoms with van der Waals surface area (Å²) in [6, 6.07) is 1.15. The number of hydrogen-bond acceptors (Lipinski definition) is 3. The first kappa shape index (κ1) is 10.4. The Hall–Kier alpha value is -2.11. The second kappa shape index (κ2) is 3.80. The molecule has 1 heterocycles. The molecule has 0 fully saturated rings. The predicted octanol–water partition coefficient (Wildman–Crippen LogP) is 2.14. The molecule has 0 atom stereocenters. The van der Waals surface area contributed by atoms with Gasteiger partial charge in [-0.1, -0.05) is 0 Å². The van der Waals surface area contributed by atoms with Crippen LogP contribution in [0, 0.1) is 17.5 Å². The van der Waals surface area contributed by atoms with Crippen LogP contribution in [-0.2, 0) is 0 Å². The zero-order valence-corrected chi connectivity index (χ0v) is 7.92. The molecule has 3 nitrogen and oxygen atoms in total. The van der Waals surface area contributed by atoms with Crippen molar-refractivity contribution in [1.82, 2.24) is 9.97 Å². The molecule has 0 spiro atoms. The average molecular weight is 225 g/mol. The van der Waals surface area contributed by atoms with E-state index in [0.717, 1.165) is 6.33 Å². The van der Waals surface area contributed by atoms with Gasteiger partial charge in [-0.25, -0.2) is 23.1 Å². The van der Waals surface area contributed by atoms with Crippen molar-refractivity contribution in [2.45, 2.75) is 0 Å². The standard InChI is InChI=1S/C10H6F3N3/c11-5-1-7(12)9(8(13)2-5)6-3-15-4-16-10(6)14/h1-4H,(H2,14,15,16). The molecule has 0 saturated heterocycles. The molecule has 2 aromatic rings. The zero-order chi connectivity index (χ0) is 11.7. The van der Waals surface area contributed by atoms with Crippen LogP contribution < -0.4 is 5.73 Å². The highest BCUT2D eigenvalue weighted by molar-refractivity contribution is 5.73. The number of nitrogens with two attached hydrogens (primary N) is 1. The summed E-state index contributed by atoms with van der Waals surface area (Å²) in [5, 5.41) is 0. The number of nitrogen functional groups attached to an aromatic ring is 1. The molecular formula is C10H6F3N3. The van der Waals surface area contributed by atoms with Gasteiger partial charge in [0, 0.05) is 23.9 Å². The highest BCUT2D eigenvalue weighted by Gasteiger charge is 2.16. The van der Waals surface area contributed by atoms with E-state index >= 15 is 0 Å². The van der Waals surface area contributed by atoms with Gasteiger partial charge < -0.3 is 5.73 Å². The molecule has 0 bridgehead atoms. The molecule has 0 saturated carbocycles. The molecule has 2 rings (SSSR count). The molecule has 0 aliphatic heterocycles. The van der Waals surface area contributed by atoms with E-state index < -0.39 is 23.0 Å². The second-order valence-electron chi connectivity index (χ2n) is 3.07. The minimum absolute atomic E-state index is 0.00231. The molecular weight excluding hydrogens is 219 g/mol. The summed E-state index contributed by atoms with van der Waals surface area (Å²) < 4.78 is 39.5.